The standard InChI is InChI=1S/C13H22N4O/c1-2-17-9-3-4-11(17)13-15-12(16-18-13)10-5-7-14-8-6-10/h10-11,14H,2-9H2,1H3. The van der Waals surface area contributed by atoms with Gasteiger partial charge in [-0.2, -0.15) is 4.98 Å². The van der Waals surface area contributed by atoms with E-state index in [1.165, 1.54) is 6.42 Å². The molecule has 1 aromatic heterocycles. The van der Waals surface area contributed by atoms with E-state index in [0.29, 0.717) is 12.0 Å². The Bertz CT molecular complexity index is 386. The van der Waals surface area contributed by atoms with Crippen molar-refractivity contribution in [3.63, 3.8) is 0 Å². The minimum absolute atomic E-state index is 0.359. The maximum absolute atomic E-state index is 5.51. The topological polar surface area (TPSA) is 54.2 Å². The van der Waals surface area contributed by atoms with Crippen LogP contribution >= 0.6 is 0 Å². The van der Waals surface area contributed by atoms with E-state index in [0.717, 1.165) is 57.2 Å². The van der Waals surface area contributed by atoms with Crippen LogP contribution in [0.2, 0.25) is 0 Å². The van der Waals surface area contributed by atoms with Gasteiger partial charge in [0.25, 0.3) is 0 Å². The van der Waals surface area contributed by atoms with Crippen molar-refractivity contribution in [3.8, 4) is 0 Å². The van der Waals surface area contributed by atoms with Gasteiger partial charge < -0.3 is 9.84 Å². The molecule has 0 aromatic carbocycles. The predicted molar refractivity (Wildman–Crippen MR) is 68.4 cm³/mol. The molecule has 100 valence electrons. The van der Waals surface area contributed by atoms with Crippen LogP contribution in [0.5, 0.6) is 0 Å². The van der Waals surface area contributed by atoms with Gasteiger partial charge in [-0.15, -0.1) is 0 Å². The monoisotopic (exact) mass is 250 g/mol. The predicted octanol–water partition coefficient (Wildman–Crippen LogP) is 1.69. The van der Waals surface area contributed by atoms with Crippen LogP contribution in [0, 0.1) is 0 Å². The van der Waals surface area contributed by atoms with Crippen molar-refractivity contribution >= 4 is 0 Å². The molecule has 0 aliphatic carbocycles. The molecule has 3 heterocycles. The fourth-order valence-corrected chi connectivity index (χ4v) is 3.11. The number of rotatable bonds is 3. The summed E-state index contributed by atoms with van der Waals surface area (Å²) in [6, 6.07) is 0.359. The Morgan fingerprint density at radius 1 is 1.33 bits per heavy atom. The van der Waals surface area contributed by atoms with Crippen molar-refractivity contribution < 1.29 is 4.52 Å². The van der Waals surface area contributed by atoms with E-state index >= 15 is 0 Å². The van der Waals surface area contributed by atoms with Crippen LogP contribution in [0.4, 0.5) is 0 Å². The van der Waals surface area contributed by atoms with Crippen LogP contribution in [-0.4, -0.2) is 41.2 Å². The van der Waals surface area contributed by atoms with Crippen LogP contribution in [0.25, 0.3) is 0 Å². The zero-order valence-corrected chi connectivity index (χ0v) is 11.1. The normalized spacial score (nSPS) is 26.8. The molecule has 3 rings (SSSR count). The molecule has 0 amide bonds. The molecule has 2 aliphatic rings. The number of aromatic nitrogens is 2. The quantitative estimate of drug-likeness (QED) is 0.884. The Morgan fingerprint density at radius 2 is 2.17 bits per heavy atom. The van der Waals surface area contributed by atoms with E-state index in [2.05, 4.69) is 27.3 Å². The molecule has 0 radical (unpaired) electrons. The first-order valence-electron chi connectivity index (χ1n) is 7.16. The van der Waals surface area contributed by atoms with Gasteiger partial charge in [0.15, 0.2) is 5.82 Å². The van der Waals surface area contributed by atoms with Crippen LogP contribution in [0.1, 0.15) is 56.3 Å². The third kappa shape index (κ3) is 2.29. The lowest BCUT2D eigenvalue weighted by Gasteiger charge is -2.20. The molecule has 1 unspecified atom stereocenters. The van der Waals surface area contributed by atoms with E-state index < -0.39 is 0 Å². The SMILES string of the molecule is CCN1CCCC1c1nc(C2CCNCC2)no1. The maximum Gasteiger partial charge on any atom is 0.244 e. The van der Waals surface area contributed by atoms with E-state index in [1.807, 2.05) is 0 Å². The van der Waals surface area contributed by atoms with E-state index in [4.69, 9.17) is 4.52 Å². The Labute approximate surface area is 108 Å². The van der Waals surface area contributed by atoms with Crippen molar-refractivity contribution in [2.75, 3.05) is 26.2 Å². The Kier molecular flexibility index (Phi) is 3.61. The maximum atomic E-state index is 5.51. The summed E-state index contributed by atoms with van der Waals surface area (Å²) in [4.78, 5) is 7.10. The highest BCUT2D eigenvalue weighted by Crippen LogP contribution is 2.32. The molecule has 0 saturated carbocycles. The molecule has 5 nitrogen and oxygen atoms in total. The molecule has 2 saturated heterocycles. The Balaban J connectivity index is 1.72. The third-order valence-corrected chi connectivity index (χ3v) is 4.22. The van der Waals surface area contributed by atoms with Gasteiger partial charge in [0.05, 0.1) is 6.04 Å². The first-order chi connectivity index (χ1) is 8.88. The minimum Gasteiger partial charge on any atom is -0.338 e. The largest absolute Gasteiger partial charge is 0.338 e. The average Bonchev–Trinajstić information content (AvgIpc) is 3.08. The highest BCUT2D eigenvalue weighted by molar-refractivity contribution is 5.01. The second-order valence-electron chi connectivity index (χ2n) is 5.30. The van der Waals surface area contributed by atoms with Gasteiger partial charge >= 0.3 is 0 Å². The van der Waals surface area contributed by atoms with Gasteiger partial charge in [0.1, 0.15) is 0 Å². The lowest BCUT2D eigenvalue weighted by atomic mass is 9.98. The average molecular weight is 250 g/mol. The lowest BCUT2D eigenvalue weighted by molar-refractivity contribution is 0.216. The van der Waals surface area contributed by atoms with E-state index in [1.54, 1.807) is 0 Å². The summed E-state index contributed by atoms with van der Waals surface area (Å²) in [6.07, 6.45) is 4.65. The molecule has 2 aliphatic heterocycles. The summed E-state index contributed by atoms with van der Waals surface area (Å²) in [5.74, 6) is 2.25. The molecule has 1 aromatic rings. The summed E-state index contributed by atoms with van der Waals surface area (Å²) in [6.45, 7) is 6.56. The van der Waals surface area contributed by atoms with Crippen LogP contribution in [0.3, 0.4) is 0 Å². The minimum atomic E-state index is 0.359. The smallest absolute Gasteiger partial charge is 0.244 e. The zero-order valence-electron chi connectivity index (χ0n) is 11.1. The highest BCUT2D eigenvalue weighted by Gasteiger charge is 2.30. The molecule has 0 spiro atoms. The van der Waals surface area contributed by atoms with Crippen molar-refractivity contribution in [2.24, 2.45) is 0 Å². The number of hydrogen-bond acceptors (Lipinski definition) is 5. The number of nitrogens with one attached hydrogen (secondary N) is 1. The molecule has 2 fully saturated rings. The summed E-state index contributed by atoms with van der Waals surface area (Å²) >= 11 is 0. The third-order valence-electron chi connectivity index (χ3n) is 4.22. The summed E-state index contributed by atoms with van der Waals surface area (Å²) in [5.41, 5.74) is 0. The molecule has 18 heavy (non-hydrogen) atoms. The number of likely N-dealkylation sites (tertiary alicyclic amines) is 1. The van der Waals surface area contributed by atoms with Gasteiger partial charge in [-0.05, 0) is 51.9 Å². The van der Waals surface area contributed by atoms with Crippen molar-refractivity contribution in [1.29, 1.82) is 0 Å². The van der Waals surface area contributed by atoms with Gasteiger partial charge in [0, 0.05) is 5.92 Å². The summed E-state index contributed by atoms with van der Waals surface area (Å²) in [5, 5.41) is 7.58. The van der Waals surface area contributed by atoms with Crippen LogP contribution in [0.15, 0.2) is 4.52 Å². The fourth-order valence-electron chi connectivity index (χ4n) is 3.11. The zero-order chi connectivity index (χ0) is 12.4. The molecule has 5 heteroatoms. The van der Waals surface area contributed by atoms with Gasteiger partial charge in [-0.1, -0.05) is 12.1 Å². The molecule has 0 bridgehead atoms. The first-order valence-corrected chi connectivity index (χ1v) is 7.16. The highest BCUT2D eigenvalue weighted by atomic mass is 16.5. The number of piperidine rings is 1. The molecular formula is C13H22N4O. The first kappa shape index (κ1) is 12.1. The Hall–Kier alpha value is -0.940. The second-order valence-corrected chi connectivity index (χ2v) is 5.30. The van der Waals surface area contributed by atoms with Crippen molar-refractivity contribution in [3.05, 3.63) is 11.7 Å². The second kappa shape index (κ2) is 5.36. The van der Waals surface area contributed by atoms with E-state index in [9.17, 15) is 0 Å². The molecule has 1 N–H and O–H groups in total. The van der Waals surface area contributed by atoms with Crippen molar-refractivity contribution in [1.82, 2.24) is 20.4 Å². The molecular weight excluding hydrogens is 228 g/mol. The van der Waals surface area contributed by atoms with E-state index in [-0.39, 0.29) is 0 Å². The van der Waals surface area contributed by atoms with Gasteiger partial charge in [-0.3, -0.25) is 4.90 Å². The van der Waals surface area contributed by atoms with Gasteiger partial charge in [0.2, 0.25) is 5.89 Å². The summed E-state index contributed by atoms with van der Waals surface area (Å²) in [7, 11) is 0. The lowest BCUT2D eigenvalue weighted by Crippen LogP contribution is -2.27. The van der Waals surface area contributed by atoms with Gasteiger partial charge in [-0.25, -0.2) is 0 Å². The fraction of sp³-hybridized carbons (Fsp3) is 0.846. The Morgan fingerprint density at radius 3 is 2.94 bits per heavy atom. The van der Waals surface area contributed by atoms with Crippen molar-refractivity contribution in [2.45, 2.75) is 44.6 Å². The number of hydrogen-bond donors (Lipinski definition) is 1. The van der Waals surface area contributed by atoms with Crippen LogP contribution < -0.4 is 5.32 Å². The summed E-state index contributed by atoms with van der Waals surface area (Å²) < 4.78 is 5.51. The molecule has 1 atom stereocenters. The number of nitrogens with zero attached hydrogens (tertiary/aromatic N) is 3. The van der Waals surface area contributed by atoms with Crippen LogP contribution in [-0.2, 0) is 0 Å².